The first-order valence-electron chi connectivity index (χ1n) is 9.39. The Labute approximate surface area is 175 Å². The predicted molar refractivity (Wildman–Crippen MR) is 116 cm³/mol. The Morgan fingerprint density at radius 3 is 2.80 bits per heavy atom. The van der Waals surface area contributed by atoms with Gasteiger partial charge in [-0.25, -0.2) is 9.36 Å². The lowest BCUT2D eigenvalue weighted by atomic mass is 10.2. The van der Waals surface area contributed by atoms with Crippen LogP contribution >= 0.6 is 11.8 Å². The van der Waals surface area contributed by atoms with E-state index in [1.54, 1.807) is 46.6 Å². The second-order valence-corrected chi connectivity index (χ2v) is 7.70. The molecule has 3 heterocycles. The molecular formula is C20H20N6O3S. The van der Waals surface area contributed by atoms with Crippen molar-refractivity contribution in [3.63, 3.8) is 0 Å². The first kappa shape index (κ1) is 19.9. The second kappa shape index (κ2) is 8.54. The monoisotopic (exact) mass is 424 g/mol. The SMILES string of the molecule is CSCC[C@@H](C(=O)NCc1nnc2ccccn12)n1c(=O)[nH]c2ccccc2c1=O. The summed E-state index contributed by atoms with van der Waals surface area (Å²) >= 11 is 1.54. The summed E-state index contributed by atoms with van der Waals surface area (Å²) in [6.07, 6.45) is 4.06. The topological polar surface area (TPSA) is 114 Å². The summed E-state index contributed by atoms with van der Waals surface area (Å²) < 4.78 is 2.78. The molecule has 4 aromatic rings. The van der Waals surface area contributed by atoms with Gasteiger partial charge in [-0.05, 0) is 42.7 Å². The molecule has 0 fully saturated rings. The van der Waals surface area contributed by atoms with Crippen LogP contribution in [0.25, 0.3) is 16.6 Å². The molecule has 3 aromatic heterocycles. The molecule has 0 aliphatic carbocycles. The third-order valence-corrected chi connectivity index (χ3v) is 5.50. The maximum Gasteiger partial charge on any atom is 0.329 e. The standard InChI is InChI=1S/C20H20N6O3S/c1-30-11-9-15(26-19(28)13-6-2-3-7-14(13)22-20(26)29)18(27)21-12-17-24-23-16-8-4-5-10-25(16)17/h2-8,10,15H,9,11-12H2,1H3,(H,21,27)(H,22,29)/t15-/m0/s1. The van der Waals surface area contributed by atoms with E-state index in [-0.39, 0.29) is 6.54 Å². The van der Waals surface area contributed by atoms with Crippen LogP contribution in [0.2, 0.25) is 0 Å². The van der Waals surface area contributed by atoms with Crippen LogP contribution in [0.3, 0.4) is 0 Å². The van der Waals surface area contributed by atoms with E-state index >= 15 is 0 Å². The fourth-order valence-corrected chi connectivity index (χ4v) is 3.82. The third kappa shape index (κ3) is 3.73. The van der Waals surface area contributed by atoms with E-state index in [0.717, 1.165) is 4.57 Å². The minimum Gasteiger partial charge on any atom is -0.347 e. The van der Waals surface area contributed by atoms with E-state index in [9.17, 15) is 14.4 Å². The van der Waals surface area contributed by atoms with Gasteiger partial charge in [0.1, 0.15) is 6.04 Å². The van der Waals surface area contributed by atoms with Gasteiger partial charge in [0.15, 0.2) is 11.5 Å². The van der Waals surface area contributed by atoms with Crippen LogP contribution in [0.15, 0.2) is 58.3 Å². The largest absolute Gasteiger partial charge is 0.347 e. The van der Waals surface area contributed by atoms with Gasteiger partial charge in [0.25, 0.3) is 5.56 Å². The first-order valence-corrected chi connectivity index (χ1v) is 10.8. The minimum atomic E-state index is -0.933. The Kier molecular flexibility index (Phi) is 5.66. The molecule has 10 heteroatoms. The Balaban J connectivity index is 1.66. The maximum atomic E-state index is 13.0. The highest BCUT2D eigenvalue weighted by Crippen LogP contribution is 2.13. The number of fused-ring (bicyclic) bond motifs is 2. The van der Waals surface area contributed by atoms with Crippen LogP contribution in [-0.2, 0) is 11.3 Å². The maximum absolute atomic E-state index is 13.0. The number of benzene rings is 1. The number of carbonyl (C=O) groups is 1. The smallest absolute Gasteiger partial charge is 0.329 e. The fraction of sp³-hybridized carbons (Fsp3) is 0.250. The van der Waals surface area contributed by atoms with E-state index in [2.05, 4.69) is 20.5 Å². The molecule has 9 nitrogen and oxygen atoms in total. The van der Waals surface area contributed by atoms with Gasteiger partial charge >= 0.3 is 5.69 Å². The van der Waals surface area contributed by atoms with E-state index < -0.39 is 23.2 Å². The van der Waals surface area contributed by atoms with Crippen LogP contribution < -0.4 is 16.6 Å². The van der Waals surface area contributed by atoms with Gasteiger partial charge in [0.2, 0.25) is 5.91 Å². The van der Waals surface area contributed by atoms with Crippen molar-refractivity contribution in [1.29, 1.82) is 0 Å². The third-order valence-electron chi connectivity index (χ3n) is 4.85. The van der Waals surface area contributed by atoms with Crippen LogP contribution in [0, 0.1) is 0 Å². The Bertz CT molecular complexity index is 1330. The normalized spacial score (nSPS) is 12.3. The zero-order valence-electron chi connectivity index (χ0n) is 16.2. The number of H-pyrrole nitrogens is 1. The number of para-hydroxylation sites is 1. The number of nitrogens with one attached hydrogen (secondary N) is 2. The molecule has 0 bridgehead atoms. The molecule has 0 saturated carbocycles. The lowest BCUT2D eigenvalue weighted by molar-refractivity contribution is -0.124. The molecule has 0 spiro atoms. The molecule has 2 N–H and O–H groups in total. The van der Waals surface area contributed by atoms with E-state index in [4.69, 9.17) is 0 Å². The average molecular weight is 424 g/mol. The van der Waals surface area contributed by atoms with Crippen molar-refractivity contribution in [2.24, 2.45) is 0 Å². The Morgan fingerprint density at radius 1 is 1.17 bits per heavy atom. The number of hydrogen-bond donors (Lipinski definition) is 2. The van der Waals surface area contributed by atoms with Crippen molar-refractivity contribution in [2.45, 2.75) is 19.0 Å². The molecule has 0 saturated heterocycles. The summed E-state index contributed by atoms with van der Waals surface area (Å²) in [4.78, 5) is 41.4. The second-order valence-electron chi connectivity index (χ2n) is 6.71. The summed E-state index contributed by atoms with van der Waals surface area (Å²) in [5.74, 6) is 0.756. The molecule has 0 aliphatic rings. The lowest BCUT2D eigenvalue weighted by Crippen LogP contribution is -2.44. The minimum absolute atomic E-state index is 0.125. The van der Waals surface area contributed by atoms with E-state index in [1.165, 1.54) is 0 Å². The molecule has 0 aliphatic heterocycles. The molecule has 1 amide bonds. The van der Waals surface area contributed by atoms with Crippen LogP contribution in [0.4, 0.5) is 0 Å². The number of thioether (sulfide) groups is 1. The summed E-state index contributed by atoms with van der Waals surface area (Å²) in [6.45, 7) is 0.125. The summed E-state index contributed by atoms with van der Waals surface area (Å²) in [6, 6.07) is 11.3. The molecular weight excluding hydrogens is 404 g/mol. The first-order chi connectivity index (χ1) is 14.6. The molecule has 0 unspecified atom stereocenters. The highest BCUT2D eigenvalue weighted by atomic mass is 32.2. The number of nitrogens with zero attached hydrogens (tertiary/aromatic N) is 4. The number of carbonyl (C=O) groups excluding carboxylic acids is 1. The Morgan fingerprint density at radius 2 is 1.97 bits per heavy atom. The van der Waals surface area contributed by atoms with Crippen LogP contribution in [0.1, 0.15) is 18.3 Å². The number of amides is 1. The van der Waals surface area contributed by atoms with Gasteiger partial charge in [0, 0.05) is 6.20 Å². The number of aromatic amines is 1. The number of rotatable bonds is 7. The lowest BCUT2D eigenvalue weighted by Gasteiger charge is -2.18. The fourth-order valence-electron chi connectivity index (χ4n) is 3.36. The molecule has 30 heavy (non-hydrogen) atoms. The highest BCUT2D eigenvalue weighted by molar-refractivity contribution is 7.98. The number of aromatic nitrogens is 5. The van der Waals surface area contributed by atoms with Crippen LogP contribution in [0.5, 0.6) is 0 Å². The summed E-state index contributed by atoms with van der Waals surface area (Å²) in [7, 11) is 0. The number of hydrogen-bond acceptors (Lipinski definition) is 6. The molecule has 154 valence electrons. The van der Waals surface area contributed by atoms with E-state index in [1.807, 2.05) is 24.5 Å². The van der Waals surface area contributed by atoms with Crippen molar-refractivity contribution in [1.82, 2.24) is 29.5 Å². The van der Waals surface area contributed by atoms with Crippen molar-refractivity contribution >= 4 is 34.2 Å². The quantitative estimate of drug-likeness (QED) is 0.463. The zero-order chi connectivity index (χ0) is 21.1. The average Bonchev–Trinajstić information content (AvgIpc) is 3.17. The zero-order valence-corrected chi connectivity index (χ0v) is 17.1. The van der Waals surface area contributed by atoms with Crippen molar-refractivity contribution in [2.75, 3.05) is 12.0 Å². The molecule has 1 atom stereocenters. The van der Waals surface area contributed by atoms with Gasteiger partial charge in [0.05, 0.1) is 17.4 Å². The van der Waals surface area contributed by atoms with Crippen molar-refractivity contribution in [3.05, 3.63) is 75.3 Å². The van der Waals surface area contributed by atoms with Gasteiger partial charge in [-0.15, -0.1) is 10.2 Å². The highest BCUT2D eigenvalue weighted by Gasteiger charge is 2.25. The Hall–Kier alpha value is -3.40. The molecule has 4 rings (SSSR count). The van der Waals surface area contributed by atoms with Gasteiger partial charge in [-0.3, -0.25) is 14.0 Å². The van der Waals surface area contributed by atoms with Crippen LogP contribution in [-0.4, -0.2) is 42.1 Å². The van der Waals surface area contributed by atoms with Gasteiger partial charge in [-0.2, -0.15) is 11.8 Å². The van der Waals surface area contributed by atoms with Crippen molar-refractivity contribution < 1.29 is 4.79 Å². The van der Waals surface area contributed by atoms with Gasteiger partial charge < -0.3 is 10.3 Å². The summed E-state index contributed by atoms with van der Waals surface area (Å²) in [5, 5.41) is 11.3. The molecule has 1 aromatic carbocycles. The van der Waals surface area contributed by atoms with E-state index in [0.29, 0.717) is 34.5 Å². The predicted octanol–water partition coefficient (Wildman–Crippen LogP) is 1.34. The molecule has 0 radical (unpaired) electrons. The van der Waals surface area contributed by atoms with Crippen molar-refractivity contribution in [3.8, 4) is 0 Å². The summed E-state index contributed by atoms with van der Waals surface area (Å²) in [5.41, 5.74) is 0.0296. The number of pyridine rings is 1. The van der Waals surface area contributed by atoms with Gasteiger partial charge in [-0.1, -0.05) is 18.2 Å².